The predicted octanol–water partition coefficient (Wildman–Crippen LogP) is 4.86. The van der Waals surface area contributed by atoms with Crippen LogP contribution in [0.2, 0.25) is 0 Å². The monoisotopic (exact) mass is 358 g/mol. The number of carbonyl (C=O) groups excluding carboxylic acids is 1. The fourth-order valence-corrected chi connectivity index (χ4v) is 4.03. The molecule has 2 aliphatic rings. The van der Waals surface area contributed by atoms with E-state index in [1.807, 2.05) is 20.8 Å². The molecular formula is C20H23FN2O3. The molecule has 0 saturated carbocycles. The molecule has 0 aliphatic heterocycles. The van der Waals surface area contributed by atoms with Crippen LogP contribution < -0.4 is 4.90 Å². The summed E-state index contributed by atoms with van der Waals surface area (Å²) in [5.74, 6) is -0.0784. The van der Waals surface area contributed by atoms with Crippen LogP contribution in [0.3, 0.4) is 0 Å². The molecule has 0 bridgehead atoms. The number of benzene rings is 1. The number of ether oxygens (including phenoxy) is 1. The second-order valence-electron chi connectivity index (χ2n) is 7.91. The number of carbonyl (C=O) groups is 1. The molecule has 0 N–H and O–H groups in total. The van der Waals surface area contributed by atoms with Gasteiger partial charge in [0.1, 0.15) is 17.7 Å². The lowest BCUT2D eigenvalue weighted by atomic mass is 9.97. The molecule has 4 rings (SSSR count). The smallest absolute Gasteiger partial charge is 0.423 e. The van der Waals surface area contributed by atoms with E-state index in [9.17, 15) is 9.18 Å². The van der Waals surface area contributed by atoms with Crippen molar-refractivity contribution in [1.82, 2.24) is 4.98 Å². The molecule has 6 heteroatoms. The lowest BCUT2D eigenvalue weighted by Gasteiger charge is -2.28. The highest BCUT2D eigenvalue weighted by Gasteiger charge is 2.37. The van der Waals surface area contributed by atoms with Crippen LogP contribution in [-0.2, 0) is 30.4 Å². The summed E-state index contributed by atoms with van der Waals surface area (Å²) in [6.07, 6.45) is 7.04. The maximum atomic E-state index is 15.0. The molecule has 1 aromatic carbocycles. The molecule has 1 heterocycles. The van der Waals surface area contributed by atoms with Gasteiger partial charge >= 0.3 is 12.1 Å². The second kappa shape index (κ2) is 6.11. The molecule has 0 spiro atoms. The van der Waals surface area contributed by atoms with Gasteiger partial charge in [0.25, 0.3) is 0 Å². The largest absolute Gasteiger partial charge is 0.443 e. The highest BCUT2D eigenvalue weighted by Crippen LogP contribution is 2.45. The Morgan fingerprint density at radius 3 is 2.19 bits per heavy atom. The van der Waals surface area contributed by atoms with Crippen LogP contribution in [0.15, 0.2) is 16.9 Å². The zero-order valence-electron chi connectivity index (χ0n) is 15.4. The van der Waals surface area contributed by atoms with Gasteiger partial charge in [-0.15, -0.1) is 0 Å². The first-order valence-corrected chi connectivity index (χ1v) is 9.14. The highest BCUT2D eigenvalue weighted by molar-refractivity contribution is 5.96. The Hall–Kier alpha value is -2.37. The Bertz CT molecular complexity index is 818. The topological polar surface area (TPSA) is 55.6 Å². The van der Waals surface area contributed by atoms with Crippen LogP contribution in [0.4, 0.5) is 20.9 Å². The Kier molecular flexibility index (Phi) is 4.01. The molecule has 1 amide bonds. The van der Waals surface area contributed by atoms with Crippen molar-refractivity contribution in [3.8, 4) is 0 Å². The third-order valence-electron chi connectivity index (χ3n) is 4.95. The maximum absolute atomic E-state index is 15.0. The van der Waals surface area contributed by atoms with Crippen LogP contribution in [0.5, 0.6) is 0 Å². The van der Waals surface area contributed by atoms with Crippen molar-refractivity contribution in [2.24, 2.45) is 0 Å². The number of amides is 1. The average molecular weight is 358 g/mol. The lowest BCUT2D eigenvalue weighted by molar-refractivity contribution is 0.0592. The third-order valence-corrected chi connectivity index (χ3v) is 4.95. The van der Waals surface area contributed by atoms with Crippen molar-refractivity contribution in [2.45, 2.75) is 64.9 Å². The Balaban J connectivity index is 1.92. The van der Waals surface area contributed by atoms with Crippen LogP contribution in [0, 0.1) is 5.82 Å². The minimum atomic E-state index is -0.658. The van der Waals surface area contributed by atoms with Gasteiger partial charge in [-0.3, -0.25) is 0 Å². The van der Waals surface area contributed by atoms with E-state index in [0.29, 0.717) is 12.8 Å². The summed E-state index contributed by atoms with van der Waals surface area (Å²) in [4.78, 5) is 18.6. The van der Waals surface area contributed by atoms with E-state index in [1.54, 1.807) is 0 Å². The van der Waals surface area contributed by atoms with Gasteiger partial charge in [-0.25, -0.2) is 14.2 Å². The molecule has 0 unspecified atom stereocenters. The summed E-state index contributed by atoms with van der Waals surface area (Å²) in [7, 11) is 0. The number of hydrogen-bond donors (Lipinski definition) is 0. The molecule has 1 aromatic heterocycles. The second-order valence-corrected chi connectivity index (χ2v) is 7.91. The number of rotatable bonds is 2. The van der Waals surface area contributed by atoms with Crippen molar-refractivity contribution in [3.05, 3.63) is 40.5 Å². The molecule has 5 nitrogen and oxygen atoms in total. The Morgan fingerprint density at radius 2 is 1.69 bits per heavy atom. The number of anilines is 2. The number of aromatic nitrogens is 1. The number of nitrogens with zero attached hydrogens (tertiary/aromatic N) is 2. The number of oxazole rings is 1. The van der Waals surface area contributed by atoms with Crippen LogP contribution in [0.1, 0.15) is 55.9 Å². The third kappa shape index (κ3) is 2.77. The molecule has 0 radical (unpaired) electrons. The summed E-state index contributed by atoms with van der Waals surface area (Å²) in [5, 5.41) is 0. The SMILES string of the molecule is CC(C)(C)OC(=O)N(c1ncco1)c1c2c(c(F)c3c1CCC3)CCC2. The molecule has 2 aliphatic carbocycles. The zero-order chi connectivity index (χ0) is 18.5. The Labute approximate surface area is 152 Å². The van der Waals surface area contributed by atoms with Crippen molar-refractivity contribution in [3.63, 3.8) is 0 Å². The van der Waals surface area contributed by atoms with E-state index < -0.39 is 11.7 Å². The van der Waals surface area contributed by atoms with Crippen molar-refractivity contribution in [1.29, 1.82) is 0 Å². The number of hydrogen-bond acceptors (Lipinski definition) is 4. The molecule has 0 fully saturated rings. The molecule has 26 heavy (non-hydrogen) atoms. The molecule has 0 atom stereocenters. The molecular weight excluding hydrogens is 335 g/mol. The van der Waals surface area contributed by atoms with Gasteiger partial charge in [0, 0.05) is 0 Å². The van der Waals surface area contributed by atoms with E-state index in [1.165, 1.54) is 17.4 Å². The van der Waals surface area contributed by atoms with E-state index in [4.69, 9.17) is 9.15 Å². The highest BCUT2D eigenvalue weighted by atomic mass is 19.1. The van der Waals surface area contributed by atoms with Gasteiger partial charge in [-0.1, -0.05) is 0 Å². The van der Waals surface area contributed by atoms with Crippen molar-refractivity contribution >= 4 is 17.8 Å². The normalized spacial score (nSPS) is 15.7. The molecule has 2 aromatic rings. The van der Waals surface area contributed by atoms with Gasteiger partial charge in [-0.05, 0) is 81.5 Å². The van der Waals surface area contributed by atoms with Gasteiger partial charge in [0.2, 0.25) is 0 Å². The lowest BCUT2D eigenvalue weighted by Crippen LogP contribution is -2.35. The Morgan fingerprint density at radius 1 is 1.12 bits per heavy atom. The van der Waals surface area contributed by atoms with Gasteiger partial charge in [0.15, 0.2) is 0 Å². The quantitative estimate of drug-likeness (QED) is 0.769. The summed E-state index contributed by atoms with van der Waals surface area (Å²) < 4.78 is 26.0. The van der Waals surface area contributed by atoms with Gasteiger partial charge in [-0.2, -0.15) is 4.90 Å². The molecule has 0 saturated heterocycles. The van der Waals surface area contributed by atoms with E-state index >= 15 is 0 Å². The van der Waals surface area contributed by atoms with Crippen molar-refractivity contribution < 1.29 is 18.3 Å². The summed E-state index contributed by atoms with van der Waals surface area (Å²) in [5.41, 5.74) is 3.33. The van der Waals surface area contributed by atoms with Gasteiger partial charge in [0.05, 0.1) is 11.9 Å². The first-order chi connectivity index (χ1) is 12.4. The maximum Gasteiger partial charge on any atom is 0.423 e. The minimum absolute atomic E-state index is 0.0784. The fourth-order valence-electron chi connectivity index (χ4n) is 4.03. The summed E-state index contributed by atoms with van der Waals surface area (Å²) in [6.45, 7) is 5.45. The predicted molar refractivity (Wildman–Crippen MR) is 95.3 cm³/mol. The standard InChI is InChI=1S/C20H23FN2O3/c1-20(2,3)26-19(24)23(18-22-10-11-25-18)17-14-8-4-6-12(14)16(21)13-7-5-9-15(13)17/h10-11H,4-9H2,1-3H3. The summed E-state index contributed by atoms with van der Waals surface area (Å²) in [6, 6.07) is 0.161. The van der Waals surface area contributed by atoms with Crippen LogP contribution in [0.25, 0.3) is 0 Å². The first kappa shape index (κ1) is 17.1. The first-order valence-electron chi connectivity index (χ1n) is 9.14. The van der Waals surface area contributed by atoms with E-state index in [2.05, 4.69) is 4.98 Å². The number of halogens is 1. The van der Waals surface area contributed by atoms with E-state index in [0.717, 1.165) is 53.6 Å². The fraction of sp³-hybridized carbons (Fsp3) is 0.500. The zero-order valence-corrected chi connectivity index (χ0v) is 15.4. The van der Waals surface area contributed by atoms with Crippen LogP contribution >= 0.6 is 0 Å². The van der Waals surface area contributed by atoms with Crippen molar-refractivity contribution in [2.75, 3.05) is 4.90 Å². The summed E-state index contributed by atoms with van der Waals surface area (Å²) >= 11 is 0. The van der Waals surface area contributed by atoms with Gasteiger partial charge < -0.3 is 9.15 Å². The minimum Gasteiger partial charge on any atom is -0.443 e. The average Bonchev–Trinajstić information content (AvgIpc) is 3.28. The number of fused-ring (bicyclic) bond motifs is 2. The molecule has 138 valence electrons. The van der Waals surface area contributed by atoms with Crippen LogP contribution in [-0.4, -0.2) is 16.7 Å². The van der Waals surface area contributed by atoms with E-state index in [-0.39, 0.29) is 11.8 Å².